The first-order valence-corrected chi connectivity index (χ1v) is 13.4. The third-order valence-electron chi connectivity index (χ3n) is 6.91. The zero-order valence-electron chi connectivity index (χ0n) is 20.5. The summed E-state index contributed by atoms with van der Waals surface area (Å²) in [6, 6.07) is 12.0. The highest BCUT2D eigenvalue weighted by molar-refractivity contribution is 9.09. The molecule has 2 amide bonds. The lowest BCUT2D eigenvalue weighted by atomic mass is 10.0. The average molecular weight is 575 g/mol. The fourth-order valence-electron chi connectivity index (χ4n) is 5.16. The number of nitrogens with zero attached hydrogens (tertiary/aromatic N) is 4. The molecule has 0 radical (unpaired) electrons. The molecular formula is C27H27BrN8O2. The highest BCUT2D eigenvalue weighted by atomic mass is 79.9. The summed E-state index contributed by atoms with van der Waals surface area (Å²) in [5.41, 5.74) is 7.75. The minimum atomic E-state index is -0.298. The van der Waals surface area contributed by atoms with Crippen molar-refractivity contribution in [2.75, 3.05) is 28.2 Å². The quantitative estimate of drug-likeness (QED) is 0.183. The van der Waals surface area contributed by atoms with Gasteiger partial charge >= 0.3 is 0 Å². The lowest BCUT2D eigenvalue weighted by Crippen LogP contribution is -2.47. The van der Waals surface area contributed by atoms with Gasteiger partial charge in [-0.05, 0) is 49.1 Å². The highest BCUT2D eigenvalue weighted by Gasteiger charge is 2.46. The predicted molar refractivity (Wildman–Crippen MR) is 150 cm³/mol. The summed E-state index contributed by atoms with van der Waals surface area (Å²) in [6.45, 7) is 0.753. The Labute approximate surface area is 228 Å². The van der Waals surface area contributed by atoms with Crippen molar-refractivity contribution < 1.29 is 9.59 Å². The van der Waals surface area contributed by atoms with Gasteiger partial charge in [-0.1, -0.05) is 40.2 Å². The van der Waals surface area contributed by atoms with E-state index in [1.54, 1.807) is 60.8 Å². The summed E-state index contributed by atoms with van der Waals surface area (Å²) in [4.78, 5) is 39.8. The second-order valence-electron chi connectivity index (χ2n) is 9.31. The number of pyridine rings is 1. The SMILES string of the molecule is N=C(c1ccc(C(=O)Nc2ccccn2)cc1)c1c(N)ncnc1NC1CC2CC1N(C(=O)/C=C/CBr)C2. The molecule has 1 saturated carbocycles. The molecule has 3 heterocycles. The van der Waals surface area contributed by atoms with Crippen LogP contribution in [0.4, 0.5) is 17.5 Å². The van der Waals surface area contributed by atoms with E-state index in [1.165, 1.54) is 6.33 Å². The zero-order valence-corrected chi connectivity index (χ0v) is 22.1. The van der Waals surface area contributed by atoms with Crippen LogP contribution >= 0.6 is 15.9 Å². The van der Waals surface area contributed by atoms with Gasteiger partial charge in [0.25, 0.3) is 5.91 Å². The van der Waals surface area contributed by atoms with Gasteiger partial charge in [-0.15, -0.1) is 0 Å². The normalized spacial score (nSPS) is 20.0. The predicted octanol–water partition coefficient (Wildman–Crippen LogP) is 3.47. The van der Waals surface area contributed by atoms with Crippen LogP contribution in [-0.4, -0.2) is 61.3 Å². The monoisotopic (exact) mass is 574 g/mol. The molecule has 2 aliphatic rings. The molecule has 2 bridgehead atoms. The fourth-order valence-corrected chi connectivity index (χ4v) is 5.35. The maximum atomic E-state index is 12.7. The lowest BCUT2D eigenvalue weighted by molar-refractivity contribution is -0.127. The van der Waals surface area contributed by atoms with E-state index in [0.29, 0.717) is 39.6 Å². The van der Waals surface area contributed by atoms with Crippen LogP contribution in [0.3, 0.4) is 0 Å². The third kappa shape index (κ3) is 5.28. The van der Waals surface area contributed by atoms with Crippen molar-refractivity contribution in [2.45, 2.75) is 24.9 Å². The van der Waals surface area contributed by atoms with Crippen molar-refractivity contribution in [1.29, 1.82) is 5.41 Å². The molecule has 3 atom stereocenters. The van der Waals surface area contributed by atoms with E-state index in [4.69, 9.17) is 11.1 Å². The Kier molecular flexibility index (Phi) is 7.45. The number of amides is 2. The van der Waals surface area contributed by atoms with Gasteiger partial charge in [-0.25, -0.2) is 15.0 Å². The Bertz CT molecular complexity index is 1380. The minimum Gasteiger partial charge on any atom is -0.383 e. The minimum absolute atomic E-state index is 0.00536. The number of allylic oxidation sites excluding steroid dienone is 1. The molecule has 3 unspecified atom stereocenters. The Balaban J connectivity index is 1.32. The van der Waals surface area contributed by atoms with Crippen LogP contribution in [0, 0.1) is 11.3 Å². The van der Waals surface area contributed by atoms with Crippen LogP contribution in [0.1, 0.15) is 34.3 Å². The Morgan fingerprint density at radius 2 is 1.89 bits per heavy atom. The summed E-state index contributed by atoms with van der Waals surface area (Å²) in [7, 11) is 0. The number of aromatic nitrogens is 3. The summed E-state index contributed by atoms with van der Waals surface area (Å²) in [5.74, 6) is 1.23. The molecule has 11 heteroatoms. The molecule has 1 aliphatic carbocycles. The van der Waals surface area contributed by atoms with Gasteiger partial charge in [-0.2, -0.15) is 0 Å². The molecule has 2 fully saturated rings. The van der Waals surface area contributed by atoms with Gasteiger partial charge in [0.2, 0.25) is 5.91 Å². The number of likely N-dealkylation sites (tertiary alicyclic amines) is 1. The van der Waals surface area contributed by atoms with Crippen molar-refractivity contribution in [2.24, 2.45) is 5.92 Å². The number of hydrogen-bond donors (Lipinski definition) is 4. The molecule has 1 saturated heterocycles. The number of rotatable bonds is 8. The van der Waals surface area contributed by atoms with Gasteiger partial charge in [-0.3, -0.25) is 15.0 Å². The summed E-state index contributed by atoms with van der Waals surface area (Å²) < 4.78 is 0. The Morgan fingerprint density at radius 3 is 2.61 bits per heavy atom. The number of benzene rings is 1. The molecule has 10 nitrogen and oxygen atoms in total. The second-order valence-corrected chi connectivity index (χ2v) is 9.95. The van der Waals surface area contributed by atoms with Gasteiger partial charge in [0.15, 0.2) is 0 Å². The highest BCUT2D eigenvalue weighted by Crippen LogP contribution is 2.39. The fraction of sp³-hybridized carbons (Fsp3) is 0.259. The van der Waals surface area contributed by atoms with Crippen LogP contribution in [0.15, 0.2) is 67.1 Å². The number of hydrogen-bond acceptors (Lipinski definition) is 8. The molecule has 2 aromatic heterocycles. The van der Waals surface area contributed by atoms with Crippen molar-refractivity contribution in [3.63, 3.8) is 0 Å². The Hall–Kier alpha value is -4.12. The van der Waals surface area contributed by atoms with E-state index in [-0.39, 0.29) is 35.4 Å². The number of alkyl halides is 1. The summed E-state index contributed by atoms with van der Waals surface area (Å²) in [5, 5.41) is 15.7. The number of nitrogens with one attached hydrogen (secondary N) is 3. The van der Waals surface area contributed by atoms with Gasteiger partial charge < -0.3 is 21.3 Å². The number of carbonyl (C=O) groups excluding carboxylic acids is 2. The van der Waals surface area contributed by atoms with Crippen molar-refractivity contribution in [3.05, 3.63) is 83.8 Å². The molecule has 3 aromatic rings. The number of piperidine rings is 1. The molecular weight excluding hydrogens is 548 g/mol. The first kappa shape index (κ1) is 25.5. The zero-order chi connectivity index (χ0) is 26.6. The van der Waals surface area contributed by atoms with Gasteiger partial charge in [0, 0.05) is 35.2 Å². The van der Waals surface area contributed by atoms with Crippen LogP contribution in [0.2, 0.25) is 0 Å². The molecule has 38 heavy (non-hydrogen) atoms. The molecule has 5 N–H and O–H groups in total. The van der Waals surface area contributed by atoms with E-state index in [2.05, 4.69) is 41.5 Å². The number of anilines is 3. The van der Waals surface area contributed by atoms with E-state index >= 15 is 0 Å². The molecule has 5 rings (SSSR count). The van der Waals surface area contributed by atoms with Crippen molar-refractivity contribution in [3.8, 4) is 0 Å². The first-order valence-electron chi connectivity index (χ1n) is 12.3. The van der Waals surface area contributed by atoms with E-state index in [1.807, 2.05) is 4.90 Å². The van der Waals surface area contributed by atoms with Gasteiger partial charge in [0.1, 0.15) is 23.8 Å². The van der Waals surface area contributed by atoms with Crippen LogP contribution in [0.25, 0.3) is 0 Å². The maximum absolute atomic E-state index is 12.7. The Morgan fingerprint density at radius 1 is 1.11 bits per heavy atom. The second kappa shape index (κ2) is 11.1. The van der Waals surface area contributed by atoms with Crippen LogP contribution < -0.4 is 16.4 Å². The lowest BCUT2D eigenvalue weighted by Gasteiger charge is -2.33. The maximum Gasteiger partial charge on any atom is 0.256 e. The van der Waals surface area contributed by atoms with Gasteiger partial charge in [0.05, 0.1) is 17.3 Å². The smallest absolute Gasteiger partial charge is 0.256 e. The van der Waals surface area contributed by atoms with E-state index < -0.39 is 0 Å². The van der Waals surface area contributed by atoms with Crippen LogP contribution in [-0.2, 0) is 4.79 Å². The number of carbonyl (C=O) groups is 2. The molecule has 0 spiro atoms. The number of halogens is 1. The molecule has 1 aromatic carbocycles. The topological polar surface area (TPSA) is 150 Å². The first-order chi connectivity index (χ1) is 18.4. The summed E-state index contributed by atoms with van der Waals surface area (Å²) >= 11 is 3.32. The van der Waals surface area contributed by atoms with E-state index in [0.717, 1.165) is 19.4 Å². The van der Waals surface area contributed by atoms with E-state index in [9.17, 15) is 9.59 Å². The summed E-state index contributed by atoms with van der Waals surface area (Å²) in [6.07, 6.45) is 8.22. The third-order valence-corrected chi connectivity index (χ3v) is 7.28. The number of nitrogen functional groups attached to an aromatic ring is 1. The average Bonchev–Trinajstić information content (AvgIpc) is 3.53. The van der Waals surface area contributed by atoms with Crippen molar-refractivity contribution >= 4 is 50.9 Å². The molecule has 194 valence electrons. The van der Waals surface area contributed by atoms with Crippen LogP contribution in [0.5, 0.6) is 0 Å². The largest absolute Gasteiger partial charge is 0.383 e. The number of nitrogens with two attached hydrogens (primary N) is 1. The molecule has 1 aliphatic heterocycles. The van der Waals surface area contributed by atoms with Crippen molar-refractivity contribution in [1.82, 2.24) is 19.9 Å². The number of fused-ring (bicyclic) bond motifs is 2. The standard InChI is InChI=1S/C27H27BrN8O2/c28-10-3-5-22(37)36-14-16-12-19(20(36)13-16)34-26-23(25(30)32-15-33-26)24(29)17-6-8-18(9-7-17)27(38)35-21-4-1-2-11-31-21/h1-9,11,15-16,19-20,29H,10,12-14H2,(H,31,35,38)(H3,30,32,33,34)/b5-3+,29-24?.